The first kappa shape index (κ1) is 56.7. The summed E-state index contributed by atoms with van der Waals surface area (Å²) in [6, 6.07) is 25.8. The van der Waals surface area contributed by atoms with Crippen LogP contribution in [0.2, 0.25) is 0 Å². The number of fused-ring (bicyclic) bond motifs is 2. The molecule has 434 valence electrons. The number of nitrogens with zero attached hydrogens (tertiary/aromatic N) is 10. The molecule has 2 aliphatic carbocycles. The summed E-state index contributed by atoms with van der Waals surface area (Å²) in [5.41, 5.74) is 20.2. The Hall–Kier alpha value is -8.17. The van der Waals surface area contributed by atoms with Gasteiger partial charge in [-0.2, -0.15) is 0 Å². The first-order valence-electron chi connectivity index (χ1n) is 28.8. The summed E-state index contributed by atoms with van der Waals surface area (Å²) in [5.74, 6) is 1.56. The molecule has 8 aromatic rings. The highest BCUT2D eigenvalue weighted by atomic mass is 19.1. The van der Waals surface area contributed by atoms with E-state index in [4.69, 9.17) is 25.7 Å². The molecule has 4 aromatic heterocycles. The van der Waals surface area contributed by atoms with Gasteiger partial charge in [0.2, 0.25) is 0 Å². The second-order valence-corrected chi connectivity index (χ2v) is 22.4. The Morgan fingerprint density at radius 3 is 1.39 bits per heavy atom. The predicted molar refractivity (Wildman–Crippen MR) is 324 cm³/mol. The van der Waals surface area contributed by atoms with Gasteiger partial charge in [0.25, 0.3) is 11.8 Å². The van der Waals surface area contributed by atoms with Gasteiger partial charge in [-0.3, -0.25) is 19.4 Å². The van der Waals surface area contributed by atoms with Crippen molar-refractivity contribution in [2.45, 2.75) is 75.5 Å². The molecule has 4 fully saturated rings. The molecule has 12 rings (SSSR count). The standard InChI is InChI=1S/C32H39N7O3.C31H36FN7O2/c1-37-13-15-38(16-14-37)23-8-10-24(11-9-23)39-19-26(29-30(33)34-20-35-31(29)39)21-7-12-27(28(18-21)42-3)36-32(40)22-5-4-6-25(17-22)41-2;1-37-13-15-38(16-14-37)23-8-10-24(11-9-23)39-18-25(28-29(33)34-19-35-30(28)39)21-5-12-26(27(17-21)41-2)36-31(40)20-3-6-22(32)7-4-20/h4-7,12,17-20,23-24H,8-11,13-16H2,1-3H3,(H,36,40)(H2,33,34,35);3-7,12,17-19,23-24H,8-11,13-16H2,1-2H3,(H,36,40)(H2,33,34,35). The van der Waals surface area contributed by atoms with Crippen molar-refractivity contribution >= 4 is 56.9 Å². The van der Waals surface area contributed by atoms with Crippen LogP contribution < -0.4 is 36.3 Å². The van der Waals surface area contributed by atoms with Crippen LogP contribution in [0.25, 0.3) is 44.3 Å². The van der Waals surface area contributed by atoms with Crippen molar-refractivity contribution in [2.24, 2.45) is 0 Å². The Bertz CT molecular complexity index is 3580. The molecule has 19 nitrogen and oxygen atoms in total. The van der Waals surface area contributed by atoms with E-state index in [0.29, 0.717) is 75.6 Å². The van der Waals surface area contributed by atoms with Gasteiger partial charge >= 0.3 is 0 Å². The summed E-state index contributed by atoms with van der Waals surface area (Å²) < 4.78 is 34.5. The Labute approximate surface area is 483 Å². The van der Waals surface area contributed by atoms with Crippen LogP contribution in [-0.4, -0.2) is 160 Å². The number of aromatic nitrogens is 6. The number of nitrogen functional groups attached to an aromatic ring is 2. The molecule has 4 aromatic carbocycles. The van der Waals surface area contributed by atoms with E-state index in [9.17, 15) is 14.0 Å². The molecule has 0 spiro atoms. The molecule has 4 aliphatic rings. The van der Waals surface area contributed by atoms with E-state index >= 15 is 0 Å². The highest BCUT2D eigenvalue weighted by Crippen LogP contribution is 2.43. The number of rotatable bonds is 13. The Morgan fingerprint density at radius 1 is 0.518 bits per heavy atom. The lowest BCUT2D eigenvalue weighted by atomic mass is 9.89. The summed E-state index contributed by atoms with van der Waals surface area (Å²) in [7, 11) is 9.14. The van der Waals surface area contributed by atoms with Gasteiger partial charge in [0.05, 0.1) is 43.5 Å². The zero-order chi connectivity index (χ0) is 57.7. The van der Waals surface area contributed by atoms with Gasteiger partial charge in [0, 0.05) is 111 Å². The lowest BCUT2D eigenvalue weighted by Crippen LogP contribution is -2.49. The molecular weight excluding hydrogens is 1050 g/mol. The summed E-state index contributed by atoms with van der Waals surface area (Å²) in [5, 5.41) is 7.49. The van der Waals surface area contributed by atoms with Gasteiger partial charge in [0.15, 0.2) is 0 Å². The van der Waals surface area contributed by atoms with Crippen LogP contribution in [0.15, 0.2) is 110 Å². The van der Waals surface area contributed by atoms with Crippen LogP contribution in [-0.2, 0) is 0 Å². The molecule has 6 N–H and O–H groups in total. The van der Waals surface area contributed by atoms with Crippen molar-refractivity contribution in [3.63, 3.8) is 0 Å². The van der Waals surface area contributed by atoms with Crippen molar-refractivity contribution < 1.29 is 28.2 Å². The zero-order valence-corrected chi connectivity index (χ0v) is 48.1. The quantitative estimate of drug-likeness (QED) is 0.0847. The number of piperazine rings is 2. The third-order valence-electron chi connectivity index (χ3n) is 17.5. The second kappa shape index (κ2) is 25.1. The molecule has 83 heavy (non-hydrogen) atoms. The van der Waals surface area contributed by atoms with Crippen LogP contribution >= 0.6 is 0 Å². The van der Waals surface area contributed by atoms with Crippen LogP contribution in [0, 0.1) is 5.82 Å². The number of anilines is 4. The Morgan fingerprint density at radius 2 is 0.952 bits per heavy atom. The number of hydrogen-bond acceptors (Lipinski definition) is 15. The summed E-state index contributed by atoms with van der Waals surface area (Å²) in [6.45, 7) is 9.18. The average molecular weight is 1130 g/mol. The smallest absolute Gasteiger partial charge is 0.255 e. The molecule has 20 heteroatoms. The number of halogens is 1. The van der Waals surface area contributed by atoms with Crippen molar-refractivity contribution in [3.05, 3.63) is 127 Å². The number of methoxy groups -OCH3 is 3. The van der Waals surface area contributed by atoms with Gasteiger partial charge in [-0.1, -0.05) is 18.2 Å². The van der Waals surface area contributed by atoms with E-state index in [0.717, 1.165) is 122 Å². The van der Waals surface area contributed by atoms with E-state index in [1.54, 1.807) is 58.0 Å². The second-order valence-electron chi connectivity index (χ2n) is 22.4. The molecule has 6 heterocycles. The number of carbonyl (C=O) groups excluding carboxylic acids is 2. The number of ether oxygens (including phenoxy) is 3. The number of carbonyl (C=O) groups is 2. The Balaban J connectivity index is 0.000000174. The van der Waals surface area contributed by atoms with E-state index in [-0.39, 0.29) is 11.8 Å². The number of amides is 2. The molecule has 2 saturated carbocycles. The molecular formula is C63H75FN14O5. The van der Waals surface area contributed by atoms with Crippen molar-refractivity contribution in [3.8, 4) is 39.5 Å². The van der Waals surface area contributed by atoms with Gasteiger partial charge in [-0.05, 0) is 143 Å². The van der Waals surface area contributed by atoms with E-state index in [1.165, 1.54) is 56.3 Å². The minimum atomic E-state index is -0.394. The lowest BCUT2D eigenvalue weighted by molar-refractivity contribution is 0.0827. The van der Waals surface area contributed by atoms with E-state index in [1.807, 2.05) is 30.3 Å². The highest BCUT2D eigenvalue weighted by Gasteiger charge is 2.32. The third-order valence-corrected chi connectivity index (χ3v) is 17.5. The predicted octanol–water partition coefficient (Wildman–Crippen LogP) is 9.49. The van der Waals surface area contributed by atoms with Crippen molar-refractivity contribution in [1.29, 1.82) is 0 Å². The molecule has 0 unspecified atom stereocenters. The van der Waals surface area contributed by atoms with Gasteiger partial charge < -0.3 is 55.2 Å². The number of benzene rings is 4. The highest BCUT2D eigenvalue weighted by molar-refractivity contribution is 6.07. The summed E-state index contributed by atoms with van der Waals surface area (Å²) >= 11 is 0. The molecule has 2 amide bonds. The summed E-state index contributed by atoms with van der Waals surface area (Å²) in [6.07, 6.45) is 16.4. The summed E-state index contributed by atoms with van der Waals surface area (Å²) in [4.78, 5) is 53.9. The SMILES string of the molecule is COc1cc(-c2cn(C3CCC(N4CCN(C)CC4)CC3)c3ncnc(N)c23)ccc1NC(=O)c1ccc(F)cc1.COc1cccc(C(=O)Nc2ccc(-c3cn(C4CCC(N5CCN(C)CC5)CC4)c4ncnc(N)c34)cc2OC)c1. The molecule has 0 atom stereocenters. The number of likely N-dealkylation sites (N-methyl/N-ethyl adjacent to an activating group) is 2. The molecule has 2 saturated heterocycles. The monoisotopic (exact) mass is 1130 g/mol. The zero-order valence-electron chi connectivity index (χ0n) is 48.1. The number of nitrogens with one attached hydrogen (secondary N) is 2. The minimum Gasteiger partial charge on any atom is -0.497 e. The van der Waals surface area contributed by atoms with Crippen molar-refractivity contribution in [1.82, 2.24) is 48.7 Å². The third kappa shape index (κ3) is 12.3. The van der Waals surface area contributed by atoms with Gasteiger partial charge in [0.1, 0.15) is 58.7 Å². The maximum Gasteiger partial charge on any atom is 0.255 e. The van der Waals surface area contributed by atoms with Gasteiger partial charge in [-0.15, -0.1) is 0 Å². The van der Waals surface area contributed by atoms with Crippen LogP contribution in [0.1, 0.15) is 84.2 Å². The van der Waals surface area contributed by atoms with Crippen LogP contribution in [0.3, 0.4) is 0 Å². The fourth-order valence-corrected chi connectivity index (χ4v) is 12.7. The van der Waals surface area contributed by atoms with Crippen molar-refractivity contribution in [2.75, 3.05) is 110 Å². The molecule has 0 radical (unpaired) electrons. The van der Waals surface area contributed by atoms with Crippen LogP contribution in [0.5, 0.6) is 17.2 Å². The number of nitrogens with two attached hydrogens (primary N) is 2. The molecule has 0 bridgehead atoms. The molecule has 2 aliphatic heterocycles. The lowest BCUT2D eigenvalue weighted by Gasteiger charge is -2.41. The number of hydrogen-bond donors (Lipinski definition) is 4. The normalized spacial score (nSPS) is 20.1. The minimum absolute atomic E-state index is 0.249. The van der Waals surface area contributed by atoms with Crippen LogP contribution in [0.4, 0.5) is 27.4 Å². The average Bonchev–Trinajstić information content (AvgIpc) is 2.61. The fourth-order valence-electron chi connectivity index (χ4n) is 12.7. The van der Waals surface area contributed by atoms with E-state index in [2.05, 4.69) is 85.8 Å². The largest absolute Gasteiger partial charge is 0.497 e. The topological polar surface area (TPSA) is 212 Å². The van der Waals surface area contributed by atoms with E-state index < -0.39 is 5.82 Å². The van der Waals surface area contributed by atoms with Gasteiger partial charge in [-0.25, -0.2) is 24.3 Å². The maximum atomic E-state index is 13.3. The fraction of sp³-hybridized carbons (Fsp3) is 0.397. The first-order valence-corrected chi connectivity index (χ1v) is 28.8. The Kier molecular flexibility index (Phi) is 17.2. The maximum absolute atomic E-state index is 13.3. The first-order chi connectivity index (χ1) is 40.4.